The molecule has 0 aliphatic rings. The van der Waals surface area contributed by atoms with E-state index in [9.17, 15) is 19.8 Å². The molecule has 0 radical (unpaired) electrons. The maximum absolute atomic E-state index is 12.0. The van der Waals surface area contributed by atoms with Gasteiger partial charge in [0.05, 0.1) is 5.02 Å². The van der Waals surface area contributed by atoms with Crippen LogP contribution in [0.25, 0.3) is 0 Å². The summed E-state index contributed by atoms with van der Waals surface area (Å²) in [6, 6.07) is 7.60. The summed E-state index contributed by atoms with van der Waals surface area (Å²) in [5, 5.41) is 30.1. The second-order valence-electron chi connectivity index (χ2n) is 4.16. The van der Waals surface area contributed by atoms with Crippen molar-refractivity contribution in [1.82, 2.24) is 0 Å². The molecule has 0 atom stereocenters. The normalized spacial score (nSPS) is 10.1. The summed E-state index contributed by atoms with van der Waals surface area (Å²) < 4.78 is 0. The number of carboxylic acids is 1. The van der Waals surface area contributed by atoms with E-state index >= 15 is 0 Å². The van der Waals surface area contributed by atoms with E-state index in [1.54, 1.807) is 0 Å². The van der Waals surface area contributed by atoms with Gasteiger partial charge in [0.25, 0.3) is 5.91 Å². The summed E-state index contributed by atoms with van der Waals surface area (Å²) in [7, 11) is 0. The first-order chi connectivity index (χ1) is 9.88. The van der Waals surface area contributed by atoms with Gasteiger partial charge in [-0.1, -0.05) is 11.6 Å². The molecule has 2 aromatic rings. The fourth-order valence-electron chi connectivity index (χ4n) is 1.64. The third-order valence-electron chi connectivity index (χ3n) is 2.70. The van der Waals surface area contributed by atoms with Crippen molar-refractivity contribution >= 4 is 29.2 Å². The third kappa shape index (κ3) is 3.24. The molecule has 0 saturated heterocycles. The molecule has 108 valence electrons. The van der Waals surface area contributed by atoms with Crippen LogP contribution >= 0.6 is 11.6 Å². The minimum absolute atomic E-state index is 0.0340. The Balaban J connectivity index is 2.21. The van der Waals surface area contributed by atoms with Gasteiger partial charge in [0.15, 0.2) is 0 Å². The number of carboxylic acid groups (broad SMARTS) is 1. The summed E-state index contributed by atoms with van der Waals surface area (Å²) in [4.78, 5) is 22.7. The van der Waals surface area contributed by atoms with E-state index in [-0.39, 0.29) is 27.6 Å². The largest absolute Gasteiger partial charge is 0.507 e. The Bertz CT molecular complexity index is 729. The summed E-state index contributed by atoms with van der Waals surface area (Å²) in [5.74, 6) is -2.38. The average molecular weight is 308 g/mol. The van der Waals surface area contributed by atoms with Crippen LogP contribution in [0.3, 0.4) is 0 Å². The lowest BCUT2D eigenvalue weighted by atomic mass is 10.1. The number of rotatable bonds is 3. The monoisotopic (exact) mass is 307 g/mol. The Kier molecular flexibility index (Phi) is 4.00. The zero-order valence-corrected chi connectivity index (χ0v) is 11.3. The van der Waals surface area contributed by atoms with Crippen molar-refractivity contribution in [2.45, 2.75) is 0 Å². The van der Waals surface area contributed by atoms with Gasteiger partial charge in [-0.15, -0.1) is 0 Å². The topological polar surface area (TPSA) is 107 Å². The molecule has 0 aliphatic heterocycles. The molecule has 1 amide bonds. The maximum atomic E-state index is 12.0. The van der Waals surface area contributed by atoms with Crippen LogP contribution in [0.2, 0.25) is 5.02 Å². The van der Waals surface area contributed by atoms with Crippen LogP contribution in [0.15, 0.2) is 36.4 Å². The van der Waals surface area contributed by atoms with Crippen molar-refractivity contribution < 1.29 is 24.9 Å². The molecule has 0 bridgehead atoms. The second kappa shape index (κ2) is 5.72. The van der Waals surface area contributed by atoms with Crippen molar-refractivity contribution in [3.8, 4) is 11.5 Å². The first kappa shape index (κ1) is 14.7. The Morgan fingerprint density at radius 1 is 1.00 bits per heavy atom. The summed E-state index contributed by atoms with van der Waals surface area (Å²) in [6.07, 6.45) is 0. The van der Waals surface area contributed by atoms with E-state index in [0.29, 0.717) is 0 Å². The van der Waals surface area contributed by atoms with Gasteiger partial charge in [0.2, 0.25) is 0 Å². The molecule has 4 N–H and O–H groups in total. The standard InChI is InChI=1S/C14H10ClNO5/c15-10-5-7(1-4-11(10)17)13(19)16-8-2-3-9(14(20)21)12(18)6-8/h1-6,17-18H,(H,16,19)(H,20,21). The van der Waals surface area contributed by atoms with Crippen LogP contribution in [0.4, 0.5) is 5.69 Å². The molecule has 2 aromatic carbocycles. The molecule has 2 rings (SSSR count). The summed E-state index contributed by atoms with van der Waals surface area (Å²) >= 11 is 5.71. The number of aromatic hydroxyl groups is 2. The van der Waals surface area contributed by atoms with E-state index in [0.717, 1.165) is 6.07 Å². The number of anilines is 1. The van der Waals surface area contributed by atoms with E-state index < -0.39 is 17.6 Å². The average Bonchev–Trinajstić information content (AvgIpc) is 2.41. The quantitative estimate of drug-likeness (QED) is 0.697. The summed E-state index contributed by atoms with van der Waals surface area (Å²) in [5.41, 5.74) is 0.173. The fourth-order valence-corrected chi connectivity index (χ4v) is 1.82. The molecule has 0 spiro atoms. The second-order valence-corrected chi connectivity index (χ2v) is 4.56. The van der Waals surface area contributed by atoms with Crippen molar-refractivity contribution in [3.63, 3.8) is 0 Å². The fraction of sp³-hybridized carbons (Fsp3) is 0. The lowest BCUT2D eigenvalue weighted by Gasteiger charge is -2.07. The highest BCUT2D eigenvalue weighted by atomic mass is 35.5. The molecule has 6 nitrogen and oxygen atoms in total. The van der Waals surface area contributed by atoms with Gasteiger partial charge < -0.3 is 20.6 Å². The first-order valence-corrected chi connectivity index (χ1v) is 6.12. The van der Waals surface area contributed by atoms with E-state index in [4.69, 9.17) is 16.7 Å². The number of amides is 1. The zero-order chi connectivity index (χ0) is 15.6. The number of phenols is 2. The molecule has 0 unspecified atom stereocenters. The molecular formula is C14H10ClNO5. The number of aromatic carboxylic acids is 1. The molecule has 0 aliphatic carbocycles. The minimum Gasteiger partial charge on any atom is -0.507 e. The van der Waals surface area contributed by atoms with E-state index in [2.05, 4.69) is 5.32 Å². The Morgan fingerprint density at radius 2 is 1.71 bits per heavy atom. The molecular weight excluding hydrogens is 298 g/mol. The lowest BCUT2D eigenvalue weighted by Crippen LogP contribution is -2.12. The van der Waals surface area contributed by atoms with Gasteiger partial charge in [0.1, 0.15) is 17.1 Å². The van der Waals surface area contributed by atoms with Crippen LogP contribution in [0.5, 0.6) is 11.5 Å². The number of hydrogen-bond donors (Lipinski definition) is 4. The van der Waals surface area contributed by atoms with Gasteiger partial charge in [-0.05, 0) is 30.3 Å². The van der Waals surface area contributed by atoms with Gasteiger partial charge in [0, 0.05) is 17.3 Å². The lowest BCUT2D eigenvalue weighted by molar-refractivity contribution is 0.0693. The number of hydrogen-bond acceptors (Lipinski definition) is 4. The minimum atomic E-state index is -1.27. The van der Waals surface area contributed by atoms with Gasteiger partial charge in [-0.2, -0.15) is 0 Å². The first-order valence-electron chi connectivity index (χ1n) is 5.74. The third-order valence-corrected chi connectivity index (χ3v) is 3.00. The van der Waals surface area contributed by atoms with Crippen molar-refractivity contribution in [1.29, 1.82) is 0 Å². The van der Waals surface area contributed by atoms with Gasteiger partial charge in [-0.3, -0.25) is 4.79 Å². The number of halogens is 1. The Morgan fingerprint density at radius 3 is 2.29 bits per heavy atom. The molecule has 0 aromatic heterocycles. The SMILES string of the molecule is O=C(Nc1ccc(C(=O)O)c(O)c1)c1ccc(O)c(Cl)c1. The number of carbonyl (C=O) groups is 2. The smallest absolute Gasteiger partial charge is 0.339 e. The Hall–Kier alpha value is -2.73. The summed E-state index contributed by atoms with van der Waals surface area (Å²) in [6.45, 7) is 0. The molecule has 7 heteroatoms. The Labute approximate surface area is 124 Å². The van der Waals surface area contributed by atoms with Crippen molar-refractivity contribution in [3.05, 3.63) is 52.5 Å². The van der Waals surface area contributed by atoms with Crippen molar-refractivity contribution in [2.24, 2.45) is 0 Å². The van der Waals surface area contributed by atoms with E-state index in [1.165, 1.54) is 30.3 Å². The molecule has 0 saturated carbocycles. The highest BCUT2D eigenvalue weighted by Crippen LogP contribution is 2.25. The van der Waals surface area contributed by atoms with Crippen LogP contribution in [-0.2, 0) is 0 Å². The van der Waals surface area contributed by atoms with E-state index in [1.807, 2.05) is 0 Å². The maximum Gasteiger partial charge on any atom is 0.339 e. The molecule has 0 heterocycles. The molecule has 21 heavy (non-hydrogen) atoms. The number of nitrogens with one attached hydrogen (secondary N) is 1. The zero-order valence-electron chi connectivity index (χ0n) is 10.5. The van der Waals surface area contributed by atoms with Crippen LogP contribution in [-0.4, -0.2) is 27.2 Å². The van der Waals surface area contributed by atoms with Crippen LogP contribution < -0.4 is 5.32 Å². The highest BCUT2D eigenvalue weighted by Gasteiger charge is 2.12. The van der Waals surface area contributed by atoms with Crippen LogP contribution in [0, 0.1) is 0 Å². The van der Waals surface area contributed by atoms with Gasteiger partial charge >= 0.3 is 5.97 Å². The number of carbonyl (C=O) groups excluding carboxylic acids is 1. The number of phenolic OH excluding ortho intramolecular Hbond substituents is 1. The van der Waals surface area contributed by atoms with Gasteiger partial charge in [-0.25, -0.2) is 4.79 Å². The van der Waals surface area contributed by atoms with Crippen molar-refractivity contribution in [2.75, 3.05) is 5.32 Å². The highest BCUT2D eigenvalue weighted by molar-refractivity contribution is 6.32. The number of benzene rings is 2. The molecule has 0 fully saturated rings. The van der Waals surface area contributed by atoms with Crippen LogP contribution in [0.1, 0.15) is 20.7 Å². The predicted octanol–water partition coefficient (Wildman–Crippen LogP) is 2.70. The predicted molar refractivity (Wildman–Crippen MR) is 76.1 cm³/mol.